The van der Waals surface area contributed by atoms with Crippen molar-refractivity contribution in [2.75, 3.05) is 7.11 Å². The molecule has 1 aliphatic rings. The molecule has 1 aromatic carbocycles. The Morgan fingerprint density at radius 2 is 2.25 bits per heavy atom. The van der Waals surface area contributed by atoms with E-state index >= 15 is 0 Å². The van der Waals surface area contributed by atoms with E-state index in [0.29, 0.717) is 0 Å². The lowest BCUT2D eigenvalue weighted by molar-refractivity contribution is 0.415. The molecule has 16 heavy (non-hydrogen) atoms. The topological polar surface area (TPSA) is 34.4 Å². The Labute approximate surface area is 93.7 Å². The molecular formula is C13H13NO2. The molecule has 0 saturated carbocycles. The van der Waals surface area contributed by atoms with Gasteiger partial charge in [0, 0.05) is 17.1 Å². The van der Waals surface area contributed by atoms with E-state index in [1.54, 1.807) is 7.11 Å². The maximum absolute atomic E-state index is 5.78. The quantitative estimate of drug-likeness (QED) is 0.793. The van der Waals surface area contributed by atoms with Crippen LogP contribution in [0, 0.1) is 0 Å². The molecule has 3 rings (SSSR count). The first-order valence-corrected chi connectivity index (χ1v) is 5.32. The second-order valence-corrected chi connectivity index (χ2v) is 3.96. The fraction of sp³-hybridized carbons (Fsp3) is 0.231. The van der Waals surface area contributed by atoms with Crippen molar-refractivity contribution in [2.45, 2.75) is 13.0 Å². The number of methoxy groups -OCH3 is 1. The first kappa shape index (κ1) is 9.33. The summed E-state index contributed by atoms with van der Waals surface area (Å²) in [6.07, 6.45) is 3.88. The third-order valence-electron chi connectivity index (χ3n) is 2.98. The van der Waals surface area contributed by atoms with Crippen LogP contribution in [0.5, 0.6) is 5.75 Å². The van der Waals surface area contributed by atoms with E-state index in [0.717, 1.165) is 22.5 Å². The summed E-state index contributed by atoms with van der Waals surface area (Å²) in [6.45, 7) is 2.12. The Kier molecular flexibility index (Phi) is 1.93. The minimum absolute atomic E-state index is 0.272. The molecule has 1 atom stereocenters. The van der Waals surface area contributed by atoms with Crippen molar-refractivity contribution in [1.29, 1.82) is 0 Å². The van der Waals surface area contributed by atoms with E-state index < -0.39 is 0 Å². The number of furan rings is 1. The molecular weight excluding hydrogens is 202 g/mol. The zero-order valence-corrected chi connectivity index (χ0v) is 9.28. The molecule has 1 N–H and O–H groups in total. The first-order valence-electron chi connectivity index (χ1n) is 5.32. The molecule has 0 aliphatic carbocycles. The summed E-state index contributed by atoms with van der Waals surface area (Å²) >= 11 is 0. The van der Waals surface area contributed by atoms with Crippen LogP contribution in [0.1, 0.15) is 24.3 Å². The van der Waals surface area contributed by atoms with E-state index in [-0.39, 0.29) is 6.04 Å². The monoisotopic (exact) mass is 215 g/mol. The van der Waals surface area contributed by atoms with Crippen LogP contribution in [-0.4, -0.2) is 7.11 Å². The highest BCUT2D eigenvalue weighted by atomic mass is 16.5. The summed E-state index contributed by atoms with van der Waals surface area (Å²) < 4.78 is 11.0. The van der Waals surface area contributed by atoms with Gasteiger partial charge in [0.05, 0.1) is 13.2 Å². The molecule has 3 nitrogen and oxygen atoms in total. The van der Waals surface area contributed by atoms with Gasteiger partial charge in [-0.15, -0.1) is 0 Å². The molecule has 82 valence electrons. The molecule has 3 heteroatoms. The van der Waals surface area contributed by atoms with Crippen LogP contribution in [0.4, 0.5) is 0 Å². The second kappa shape index (κ2) is 3.30. The van der Waals surface area contributed by atoms with Crippen molar-refractivity contribution in [1.82, 2.24) is 5.32 Å². The second-order valence-electron chi connectivity index (χ2n) is 3.96. The van der Waals surface area contributed by atoms with E-state index in [1.165, 1.54) is 5.56 Å². The van der Waals surface area contributed by atoms with E-state index in [2.05, 4.69) is 12.2 Å². The van der Waals surface area contributed by atoms with Gasteiger partial charge in [-0.3, -0.25) is 0 Å². The molecule has 0 spiro atoms. The molecule has 1 aromatic heterocycles. The molecule has 0 bridgehead atoms. The van der Waals surface area contributed by atoms with Crippen LogP contribution < -0.4 is 10.1 Å². The standard InChI is InChI=1S/C13H13NO2/c1-8-13-10-7-9(15-2)3-4-11(10)16-12(13)5-6-14-8/h3-8,14H,1-2H3. The van der Waals surface area contributed by atoms with Gasteiger partial charge < -0.3 is 14.5 Å². The number of fused-ring (bicyclic) bond motifs is 3. The Hall–Kier alpha value is -1.90. The first-order chi connectivity index (χ1) is 7.79. The predicted molar refractivity (Wildman–Crippen MR) is 63.4 cm³/mol. The van der Waals surface area contributed by atoms with Gasteiger partial charge in [-0.2, -0.15) is 0 Å². The summed E-state index contributed by atoms with van der Waals surface area (Å²) in [5.74, 6) is 1.80. The van der Waals surface area contributed by atoms with Gasteiger partial charge in [0.2, 0.25) is 0 Å². The molecule has 0 amide bonds. The number of rotatable bonds is 1. The lowest BCUT2D eigenvalue weighted by atomic mass is 10.0. The maximum atomic E-state index is 5.78. The van der Waals surface area contributed by atoms with Gasteiger partial charge in [-0.25, -0.2) is 0 Å². The SMILES string of the molecule is COc1ccc2oc3c(c2c1)C(C)NC=C3. The van der Waals surface area contributed by atoms with Crippen molar-refractivity contribution in [3.63, 3.8) is 0 Å². The summed E-state index contributed by atoms with van der Waals surface area (Å²) in [4.78, 5) is 0. The van der Waals surface area contributed by atoms with Crippen LogP contribution in [0.15, 0.2) is 28.8 Å². The maximum Gasteiger partial charge on any atom is 0.135 e. The largest absolute Gasteiger partial charge is 0.497 e. The average molecular weight is 215 g/mol. The Balaban J connectivity index is 2.31. The smallest absolute Gasteiger partial charge is 0.135 e. The Morgan fingerprint density at radius 1 is 1.38 bits per heavy atom. The molecule has 0 radical (unpaired) electrons. The van der Waals surface area contributed by atoms with Gasteiger partial charge in [0.15, 0.2) is 0 Å². The van der Waals surface area contributed by atoms with Crippen molar-refractivity contribution in [3.8, 4) is 5.75 Å². The fourth-order valence-electron chi connectivity index (χ4n) is 2.16. The number of nitrogens with one attached hydrogen (secondary N) is 1. The van der Waals surface area contributed by atoms with Crippen molar-refractivity contribution in [2.24, 2.45) is 0 Å². The minimum atomic E-state index is 0.272. The minimum Gasteiger partial charge on any atom is -0.497 e. The molecule has 1 aliphatic heterocycles. The third kappa shape index (κ3) is 1.21. The third-order valence-corrected chi connectivity index (χ3v) is 2.98. The average Bonchev–Trinajstić information content (AvgIpc) is 2.67. The molecule has 2 heterocycles. The normalized spacial score (nSPS) is 18.2. The van der Waals surface area contributed by atoms with Crippen LogP contribution in [0.3, 0.4) is 0 Å². The zero-order chi connectivity index (χ0) is 11.1. The summed E-state index contributed by atoms with van der Waals surface area (Å²) in [5.41, 5.74) is 2.11. The number of hydrogen-bond acceptors (Lipinski definition) is 3. The van der Waals surface area contributed by atoms with Crippen LogP contribution in [0.25, 0.3) is 17.0 Å². The summed E-state index contributed by atoms with van der Waals surface area (Å²) in [7, 11) is 1.68. The van der Waals surface area contributed by atoms with Crippen LogP contribution in [-0.2, 0) is 0 Å². The highest BCUT2D eigenvalue weighted by Crippen LogP contribution is 2.35. The van der Waals surface area contributed by atoms with E-state index in [9.17, 15) is 0 Å². The number of benzene rings is 1. The lowest BCUT2D eigenvalue weighted by Crippen LogP contribution is -2.14. The van der Waals surface area contributed by atoms with Gasteiger partial charge in [0.25, 0.3) is 0 Å². The van der Waals surface area contributed by atoms with Crippen molar-refractivity contribution < 1.29 is 9.15 Å². The summed E-state index contributed by atoms with van der Waals surface area (Å²) in [5, 5.41) is 4.40. The predicted octanol–water partition coefficient (Wildman–Crippen LogP) is 3.08. The van der Waals surface area contributed by atoms with Gasteiger partial charge in [0.1, 0.15) is 17.1 Å². The van der Waals surface area contributed by atoms with Crippen molar-refractivity contribution in [3.05, 3.63) is 35.7 Å². The Morgan fingerprint density at radius 3 is 3.06 bits per heavy atom. The molecule has 1 unspecified atom stereocenters. The highest BCUT2D eigenvalue weighted by molar-refractivity contribution is 5.87. The van der Waals surface area contributed by atoms with E-state index in [4.69, 9.17) is 9.15 Å². The van der Waals surface area contributed by atoms with Gasteiger partial charge in [-0.05, 0) is 31.2 Å². The lowest BCUT2D eigenvalue weighted by Gasteiger charge is -2.15. The number of ether oxygens (including phenoxy) is 1. The molecule has 2 aromatic rings. The van der Waals surface area contributed by atoms with E-state index in [1.807, 2.05) is 30.5 Å². The van der Waals surface area contributed by atoms with Gasteiger partial charge >= 0.3 is 0 Å². The Bertz CT molecular complexity index is 569. The molecule has 0 saturated heterocycles. The van der Waals surface area contributed by atoms with Gasteiger partial charge in [-0.1, -0.05) is 0 Å². The molecule has 0 fully saturated rings. The van der Waals surface area contributed by atoms with Crippen LogP contribution in [0.2, 0.25) is 0 Å². The van der Waals surface area contributed by atoms with Crippen LogP contribution >= 0.6 is 0 Å². The highest BCUT2D eigenvalue weighted by Gasteiger charge is 2.20. The zero-order valence-electron chi connectivity index (χ0n) is 9.28. The number of hydrogen-bond donors (Lipinski definition) is 1. The summed E-state index contributed by atoms with van der Waals surface area (Å²) in [6, 6.07) is 6.16. The van der Waals surface area contributed by atoms with Crippen molar-refractivity contribution >= 4 is 17.0 Å². The fourth-order valence-corrected chi connectivity index (χ4v) is 2.16.